The molecule has 0 aliphatic rings. The third-order valence-corrected chi connectivity index (χ3v) is 2.52. The summed E-state index contributed by atoms with van der Waals surface area (Å²) in [6.07, 6.45) is 2.52. The van der Waals surface area contributed by atoms with Crippen molar-refractivity contribution in [3.8, 4) is 0 Å². The highest BCUT2D eigenvalue weighted by Crippen LogP contribution is 2.10. The van der Waals surface area contributed by atoms with Crippen molar-refractivity contribution in [1.29, 1.82) is 0 Å². The van der Waals surface area contributed by atoms with Crippen LogP contribution in [0, 0.1) is 0 Å². The summed E-state index contributed by atoms with van der Waals surface area (Å²) in [4.78, 5) is 13.0. The summed E-state index contributed by atoms with van der Waals surface area (Å²) in [5.74, 6) is -0.209. The van der Waals surface area contributed by atoms with Crippen LogP contribution in [-0.4, -0.2) is 51.2 Å². The molecule has 1 N–H and O–H groups in total. The van der Waals surface area contributed by atoms with Gasteiger partial charge in [-0.2, -0.15) is 0 Å². The smallest absolute Gasteiger partial charge is 0.339 e. The van der Waals surface area contributed by atoms with E-state index in [4.69, 9.17) is 5.11 Å². The van der Waals surface area contributed by atoms with Gasteiger partial charge in [0.25, 0.3) is 0 Å². The molecular formula is C11H14N4O2. The van der Waals surface area contributed by atoms with E-state index < -0.39 is 5.97 Å². The molecule has 6 nitrogen and oxygen atoms in total. The molecule has 0 aliphatic carbocycles. The fourth-order valence-corrected chi connectivity index (χ4v) is 1.62. The number of rotatable bonds is 4. The molecule has 0 saturated heterocycles. The van der Waals surface area contributed by atoms with Gasteiger partial charge in [-0.15, -0.1) is 10.2 Å². The van der Waals surface area contributed by atoms with Crippen LogP contribution in [0.4, 0.5) is 0 Å². The van der Waals surface area contributed by atoms with Gasteiger partial charge in [-0.05, 0) is 26.2 Å². The maximum Gasteiger partial charge on any atom is 0.339 e. The third kappa shape index (κ3) is 2.26. The Morgan fingerprint density at radius 3 is 2.88 bits per heavy atom. The lowest BCUT2D eigenvalue weighted by Gasteiger charge is -2.07. The number of nitrogens with zero attached hydrogens (tertiary/aromatic N) is 4. The Kier molecular flexibility index (Phi) is 3.06. The fourth-order valence-electron chi connectivity index (χ4n) is 1.62. The van der Waals surface area contributed by atoms with Crippen molar-refractivity contribution in [2.75, 3.05) is 20.6 Å². The van der Waals surface area contributed by atoms with E-state index in [9.17, 15) is 4.79 Å². The molecule has 0 aliphatic heterocycles. The first kappa shape index (κ1) is 11.5. The zero-order chi connectivity index (χ0) is 12.4. The van der Waals surface area contributed by atoms with Crippen LogP contribution in [0.2, 0.25) is 0 Å². The molecule has 0 atom stereocenters. The molecule has 2 heterocycles. The SMILES string of the molecule is CN(C)CCc1nnc2c(C(=O)O)cccn12. The van der Waals surface area contributed by atoms with E-state index in [0.29, 0.717) is 5.65 Å². The van der Waals surface area contributed by atoms with Crippen molar-refractivity contribution in [2.24, 2.45) is 0 Å². The van der Waals surface area contributed by atoms with Crippen molar-refractivity contribution in [3.63, 3.8) is 0 Å². The molecule has 0 radical (unpaired) electrons. The summed E-state index contributed by atoms with van der Waals surface area (Å²) in [5.41, 5.74) is 0.574. The van der Waals surface area contributed by atoms with E-state index in [2.05, 4.69) is 10.2 Å². The molecule has 6 heteroatoms. The number of aromatic carboxylic acids is 1. The number of carboxylic acid groups (broad SMARTS) is 1. The number of pyridine rings is 1. The molecule has 2 aromatic rings. The van der Waals surface area contributed by atoms with Gasteiger partial charge in [0.05, 0.1) is 0 Å². The molecule has 2 aromatic heterocycles. The van der Waals surface area contributed by atoms with E-state index >= 15 is 0 Å². The number of aromatic nitrogens is 3. The van der Waals surface area contributed by atoms with Crippen LogP contribution in [0.1, 0.15) is 16.2 Å². The van der Waals surface area contributed by atoms with Crippen LogP contribution in [0.5, 0.6) is 0 Å². The molecule has 2 rings (SSSR count). The summed E-state index contributed by atoms with van der Waals surface area (Å²) >= 11 is 0. The summed E-state index contributed by atoms with van der Waals surface area (Å²) in [6.45, 7) is 0.845. The fraction of sp³-hybridized carbons (Fsp3) is 0.364. The van der Waals surface area contributed by atoms with E-state index in [1.807, 2.05) is 19.0 Å². The highest BCUT2D eigenvalue weighted by molar-refractivity contribution is 5.94. The highest BCUT2D eigenvalue weighted by atomic mass is 16.4. The third-order valence-electron chi connectivity index (χ3n) is 2.52. The Balaban J connectivity index is 2.40. The minimum Gasteiger partial charge on any atom is -0.478 e. The second kappa shape index (κ2) is 4.50. The Labute approximate surface area is 98.5 Å². The van der Waals surface area contributed by atoms with Gasteiger partial charge in [0.15, 0.2) is 5.65 Å². The van der Waals surface area contributed by atoms with Crippen molar-refractivity contribution in [3.05, 3.63) is 29.7 Å². The normalized spacial score (nSPS) is 11.2. The van der Waals surface area contributed by atoms with Crippen molar-refractivity contribution in [1.82, 2.24) is 19.5 Å². The Morgan fingerprint density at radius 1 is 1.47 bits per heavy atom. The summed E-state index contributed by atoms with van der Waals surface area (Å²) in [5, 5.41) is 17.0. The molecule has 17 heavy (non-hydrogen) atoms. The van der Waals surface area contributed by atoms with Crippen molar-refractivity contribution in [2.45, 2.75) is 6.42 Å². The van der Waals surface area contributed by atoms with Gasteiger partial charge < -0.3 is 10.0 Å². The number of hydrogen-bond donors (Lipinski definition) is 1. The van der Waals surface area contributed by atoms with Gasteiger partial charge in [0.1, 0.15) is 11.4 Å². The largest absolute Gasteiger partial charge is 0.478 e. The Hall–Kier alpha value is -1.95. The number of carboxylic acids is 1. The zero-order valence-electron chi connectivity index (χ0n) is 9.79. The first-order valence-corrected chi connectivity index (χ1v) is 5.30. The molecule has 0 bridgehead atoms. The quantitative estimate of drug-likeness (QED) is 0.835. The average molecular weight is 234 g/mol. The van der Waals surface area contributed by atoms with Crippen LogP contribution in [0.3, 0.4) is 0 Å². The zero-order valence-corrected chi connectivity index (χ0v) is 9.79. The van der Waals surface area contributed by atoms with E-state index in [-0.39, 0.29) is 5.56 Å². The minimum absolute atomic E-state index is 0.177. The minimum atomic E-state index is -0.984. The molecule has 0 amide bonds. The highest BCUT2D eigenvalue weighted by Gasteiger charge is 2.13. The second-order valence-corrected chi connectivity index (χ2v) is 4.09. The summed E-state index contributed by atoms with van der Waals surface area (Å²) in [7, 11) is 3.96. The predicted molar refractivity (Wildman–Crippen MR) is 62.2 cm³/mol. The maximum absolute atomic E-state index is 11.0. The molecule has 0 unspecified atom stereocenters. The summed E-state index contributed by atoms with van der Waals surface area (Å²) in [6, 6.07) is 3.22. The summed E-state index contributed by atoms with van der Waals surface area (Å²) < 4.78 is 1.73. The van der Waals surface area contributed by atoms with Gasteiger partial charge in [0, 0.05) is 19.2 Å². The van der Waals surface area contributed by atoms with E-state index in [1.54, 1.807) is 16.7 Å². The van der Waals surface area contributed by atoms with Crippen LogP contribution in [-0.2, 0) is 6.42 Å². The van der Waals surface area contributed by atoms with Gasteiger partial charge in [0.2, 0.25) is 0 Å². The monoisotopic (exact) mass is 234 g/mol. The van der Waals surface area contributed by atoms with Crippen LogP contribution in [0.25, 0.3) is 5.65 Å². The molecular weight excluding hydrogens is 220 g/mol. The maximum atomic E-state index is 11.0. The van der Waals surface area contributed by atoms with Gasteiger partial charge in [-0.1, -0.05) is 0 Å². The average Bonchev–Trinajstić information content (AvgIpc) is 2.68. The lowest BCUT2D eigenvalue weighted by atomic mass is 10.2. The number of hydrogen-bond acceptors (Lipinski definition) is 4. The van der Waals surface area contributed by atoms with Gasteiger partial charge >= 0.3 is 5.97 Å². The van der Waals surface area contributed by atoms with Crippen LogP contribution < -0.4 is 0 Å². The molecule has 0 fully saturated rings. The number of fused-ring (bicyclic) bond motifs is 1. The standard InChI is InChI=1S/C11H14N4O2/c1-14(2)7-5-9-12-13-10-8(11(16)17)4-3-6-15(9)10/h3-4,6H,5,7H2,1-2H3,(H,16,17). The van der Waals surface area contributed by atoms with Crippen LogP contribution >= 0.6 is 0 Å². The first-order chi connectivity index (χ1) is 8.09. The Bertz CT molecular complexity index is 547. The molecule has 0 saturated carbocycles. The lowest BCUT2D eigenvalue weighted by molar-refractivity contribution is 0.0698. The van der Waals surface area contributed by atoms with E-state index in [1.165, 1.54) is 6.07 Å². The Morgan fingerprint density at radius 2 is 2.24 bits per heavy atom. The molecule has 0 spiro atoms. The molecule has 0 aromatic carbocycles. The second-order valence-electron chi connectivity index (χ2n) is 4.09. The molecule has 90 valence electrons. The van der Waals surface area contributed by atoms with E-state index in [0.717, 1.165) is 18.8 Å². The predicted octanol–water partition coefficient (Wildman–Crippen LogP) is 0.532. The number of likely N-dealkylation sites (N-methyl/N-ethyl adjacent to an activating group) is 1. The van der Waals surface area contributed by atoms with Crippen LogP contribution in [0.15, 0.2) is 18.3 Å². The number of carbonyl (C=O) groups is 1. The van der Waals surface area contributed by atoms with Gasteiger partial charge in [-0.3, -0.25) is 4.40 Å². The topological polar surface area (TPSA) is 70.7 Å². The first-order valence-electron chi connectivity index (χ1n) is 5.30. The lowest BCUT2D eigenvalue weighted by Crippen LogP contribution is -2.16. The van der Waals surface area contributed by atoms with Gasteiger partial charge in [-0.25, -0.2) is 4.79 Å². The van der Waals surface area contributed by atoms with Crippen molar-refractivity contribution < 1.29 is 9.90 Å². The van der Waals surface area contributed by atoms with Crippen molar-refractivity contribution >= 4 is 11.6 Å².